The minimum atomic E-state index is -0.966. The summed E-state index contributed by atoms with van der Waals surface area (Å²) < 4.78 is 10.5. The molecule has 0 aliphatic carbocycles. The number of para-hydroxylation sites is 1. The predicted octanol–water partition coefficient (Wildman–Crippen LogP) is 4.45. The molecule has 8 nitrogen and oxygen atoms in total. The van der Waals surface area contributed by atoms with Crippen LogP contribution in [0.2, 0.25) is 10.0 Å². The van der Waals surface area contributed by atoms with Gasteiger partial charge in [0.15, 0.2) is 0 Å². The number of methoxy groups -OCH3 is 1. The molecule has 0 unspecified atom stereocenters. The zero-order chi connectivity index (χ0) is 24.5. The van der Waals surface area contributed by atoms with Gasteiger partial charge in [0.05, 0.1) is 28.9 Å². The number of halogens is 2. The fourth-order valence-electron chi connectivity index (χ4n) is 2.71. The van der Waals surface area contributed by atoms with E-state index in [4.69, 9.17) is 27.9 Å². The van der Waals surface area contributed by atoms with Gasteiger partial charge < -0.3 is 14.8 Å². The van der Waals surface area contributed by atoms with E-state index in [-0.39, 0.29) is 11.6 Å². The Morgan fingerprint density at radius 2 is 1.68 bits per heavy atom. The largest absolute Gasteiger partial charge is 0.488 e. The Balaban J connectivity index is 1.57. The second kappa shape index (κ2) is 11.8. The first-order valence-corrected chi connectivity index (χ1v) is 10.6. The van der Waals surface area contributed by atoms with Crippen molar-refractivity contribution in [2.75, 3.05) is 12.4 Å². The third-order valence-corrected chi connectivity index (χ3v) is 5.18. The molecule has 10 heteroatoms. The molecule has 0 aliphatic heterocycles. The summed E-state index contributed by atoms with van der Waals surface area (Å²) in [5, 5.41) is 6.80. The maximum Gasteiger partial charge on any atom is 0.337 e. The van der Waals surface area contributed by atoms with Gasteiger partial charge in [-0.15, -0.1) is 0 Å². The van der Waals surface area contributed by atoms with Crippen LogP contribution in [0.1, 0.15) is 21.5 Å². The van der Waals surface area contributed by atoms with Crippen molar-refractivity contribution in [3.8, 4) is 5.75 Å². The average Bonchev–Trinajstić information content (AvgIpc) is 2.85. The van der Waals surface area contributed by atoms with E-state index >= 15 is 0 Å². The van der Waals surface area contributed by atoms with Gasteiger partial charge in [-0.1, -0.05) is 47.5 Å². The summed E-state index contributed by atoms with van der Waals surface area (Å²) in [5.41, 5.74) is 4.34. The monoisotopic (exact) mass is 499 g/mol. The number of rotatable bonds is 7. The molecular formula is C24H19Cl2N3O5. The van der Waals surface area contributed by atoms with Crippen LogP contribution in [0.25, 0.3) is 0 Å². The van der Waals surface area contributed by atoms with Crippen LogP contribution in [0.4, 0.5) is 5.69 Å². The van der Waals surface area contributed by atoms with Crippen LogP contribution in [0.3, 0.4) is 0 Å². The smallest absolute Gasteiger partial charge is 0.337 e. The minimum absolute atomic E-state index is 0.241. The van der Waals surface area contributed by atoms with Gasteiger partial charge in [-0.25, -0.2) is 10.2 Å². The van der Waals surface area contributed by atoms with Crippen LogP contribution in [0.5, 0.6) is 5.75 Å². The Hall–Kier alpha value is -3.88. The Kier molecular flexibility index (Phi) is 8.61. The van der Waals surface area contributed by atoms with Gasteiger partial charge in [0.2, 0.25) is 0 Å². The number of amides is 2. The molecule has 0 aliphatic rings. The number of carbonyl (C=O) groups excluding carboxylic acids is 3. The predicted molar refractivity (Wildman–Crippen MR) is 129 cm³/mol. The maximum absolute atomic E-state index is 12.0. The van der Waals surface area contributed by atoms with E-state index in [1.165, 1.54) is 31.5 Å². The Bertz CT molecular complexity index is 1230. The highest BCUT2D eigenvalue weighted by Gasteiger charge is 2.13. The first-order valence-electron chi connectivity index (χ1n) is 9.86. The van der Waals surface area contributed by atoms with Crippen molar-refractivity contribution in [2.45, 2.75) is 6.61 Å². The lowest BCUT2D eigenvalue weighted by molar-refractivity contribution is -0.136. The lowest BCUT2D eigenvalue weighted by atomic mass is 10.1. The Labute approximate surface area is 205 Å². The summed E-state index contributed by atoms with van der Waals surface area (Å²) in [6, 6.07) is 18.3. The highest BCUT2D eigenvalue weighted by atomic mass is 35.5. The van der Waals surface area contributed by atoms with Gasteiger partial charge in [-0.2, -0.15) is 5.10 Å². The first-order chi connectivity index (χ1) is 16.4. The summed E-state index contributed by atoms with van der Waals surface area (Å²) in [4.78, 5) is 35.6. The minimum Gasteiger partial charge on any atom is -0.488 e. The molecule has 34 heavy (non-hydrogen) atoms. The molecule has 0 aromatic heterocycles. The Morgan fingerprint density at radius 1 is 0.941 bits per heavy atom. The molecule has 0 saturated carbocycles. The fourth-order valence-corrected chi connectivity index (χ4v) is 3.01. The topological polar surface area (TPSA) is 106 Å². The van der Waals surface area contributed by atoms with E-state index < -0.39 is 17.8 Å². The van der Waals surface area contributed by atoms with E-state index in [0.717, 1.165) is 5.56 Å². The number of esters is 1. The van der Waals surface area contributed by atoms with Crippen LogP contribution in [0.15, 0.2) is 71.8 Å². The second-order valence-electron chi connectivity index (χ2n) is 6.80. The van der Waals surface area contributed by atoms with Crippen molar-refractivity contribution < 1.29 is 23.9 Å². The number of ether oxygens (including phenoxy) is 2. The number of nitrogens with one attached hydrogen (secondary N) is 2. The molecule has 174 valence electrons. The van der Waals surface area contributed by atoms with Crippen molar-refractivity contribution in [1.82, 2.24) is 5.43 Å². The number of hydrogen-bond acceptors (Lipinski definition) is 6. The standard InChI is InChI=1S/C24H19Cl2N3O5/c1-33-24(32)16-8-6-15(7-9-16)14-34-21-5-3-2-4-17(21)13-27-29-23(31)22(30)28-18-10-11-19(25)20(26)12-18/h2-13H,14H2,1H3,(H,28,30)(H,29,31)/b27-13-. The van der Waals surface area contributed by atoms with Crippen molar-refractivity contribution >= 4 is 52.9 Å². The molecule has 0 saturated heterocycles. The van der Waals surface area contributed by atoms with Crippen LogP contribution in [-0.2, 0) is 20.9 Å². The molecule has 2 N–H and O–H groups in total. The van der Waals surface area contributed by atoms with Gasteiger partial charge in [-0.3, -0.25) is 9.59 Å². The van der Waals surface area contributed by atoms with Crippen molar-refractivity contribution in [3.05, 3.63) is 93.5 Å². The molecule has 3 rings (SSSR count). The SMILES string of the molecule is COC(=O)c1ccc(COc2ccccc2/C=N\NC(=O)C(=O)Nc2ccc(Cl)c(Cl)c2)cc1. The van der Waals surface area contributed by atoms with Crippen molar-refractivity contribution in [2.24, 2.45) is 5.10 Å². The molecule has 2 amide bonds. The number of nitrogens with zero attached hydrogens (tertiary/aromatic N) is 1. The summed E-state index contributed by atoms with van der Waals surface area (Å²) in [6.07, 6.45) is 1.36. The van der Waals surface area contributed by atoms with E-state index in [2.05, 4.69) is 20.6 Å². The average molecular weight is 500 g/mol. The normalized spacial score (nSPS) is 10.6. The van der Waals surface area contributed by atoms with E-state index in [1.807, 2.05) is 0 Å². The number of hydrogen-bond donors (Lipinski definition) is 2. The van der Waals surface area contributed by atoms with Crippen LogP contribution < -0.4 is 15.5 Å². The van der Waals surface area contributed by atoms with Crippen molar-refractivity contribution in [3.63, 3.8) is 0 Å². The van der Waals surface area contributed by atoms with E-state index in [0.29, 0.717) is 27.6 Å². The zero-order valence-corrected chi connectivity index (χ0v) is 19.4. The molecule has 3 aromatic carbocycles. The summed E-state index contributed by atoms with van der Waals surface area (Å²) in [7, 11) is 1.32. The molecular weight excluding hydrogens is 481 g/mol. The third-order valence-electron chi connectivity index (χ3n) is 4.44. The highest BCUT2D eigenvalue weighted by molar-refractivity contribution is 6.43. The maximum atomic E-state index is 12.0. The number of carbonyl (C=O) groups is 3. The molecule has 0 spiro atoms. The molecule has 0 bridgehead atoms. The van der Waals surface area contributed by atoms with Crippen LogP contribution in [-0.4, -0.2) is 31.1 Å². The van der Waals surface area contributed by atoms with Crippen LogP contribution >= 0.6 is 23.2 Å². The summed E-state index contributed by atoms with van der Waals surface area (Å²) in [6.45, 7) is 0.241. The van der Waals surface area contributed by atoms with Gasteiger partial charge in [0.1, 0.15) is 12.4 Å². The quantitative estimate of drug-likeness (QED) is 0.216. The molecule has 0 fully saturated rings. The number of hydrazone groups is 1. The van der Waals surface area contributed by atoms with Gasteiger partial charge in [-0.05, 0) is 48.0 Å². The fraction of sp³-hybridized carbons (Fsp3) is 0.0833. The molecule has 3 aromatic rings. The highest BCUT2D eigenvalue weighted by Crippen LogP contribution is 2.25. The summed E-state index contributed by atoms with van der Waals surface area (Å²) >= 11 is 11.7. The van der Waals surface area contributed by atoms with E-state index in [9.17, 15) is 14.4 Å². The van der Waals surface area contributed by atoms with E-state index in [1.54, 1.807) is 48.5 Å². The van der Waals surface area contributed by atoms with Gasteiger partial charge in [0, 0.05) is 11.3 Å². The molecule has 0 heterocycles. The second-order valence-corrected chi connectivity index (χ2v) is 7.61. The molecule has 0 radical (unpaired) electrons. The first kappa shape index (κ1) is 24.8. The number of benzene rings is 3. The van der Waals surface area contributed by atoms with Gasteiger partial charge in [0.25, 0.3) is 0 Å². The molecule has 0 atom stereocenters. The van der Waals surface area contributed by atoms with Gasteiger partial charge >= 0.3 is 17.8 Å². The van der Waals surface area contributed by atoms with Crippen LogP contribution in [0, 0.1) is 0 Å². The lowest BCUT2D eigenvalue weighted by Gasteiger charge is -2.09. The van der Waals surface area contributed by atoms with Crippen molar-refractivity contribution in [1.29, 1.82) is 0 Å². The summed E-state index contributed by atoms with van der Waals surface area (Å²) in [5.74, 6) is -1.79. The number of anilines is 1. The third kappa shape index (κ3) is 6.81. The lowest BCUT2D eigenvalue weighted by Crippen LogP contribution is -2.32. The Morgan fingerprint density at radius 3 is 2.38 bits per heavy atom. The zero-order valence-electron chi connectivity index (χ0n) is 17.9.